The SMILES string of the molecule is CC(C)C(=O)OC(CN1CCN(C)CC1)CN1C(=O)[C@H]2CCCC[C@H]2C1=O. The average Bonchev–Trinajstić information content (AvgIpc) is 2.88. The van der Waals surface area contributed by atoms with Gasteiger partial charge < -0.3 is 9.64 Å². The van der Waals surface area contributed by atoms with E-state index in [9.17, 15) is 14.4 Å². The molecule has 0 aromatic heterocycles. The van der Waals surface area contributed by atoms with Crippen LogP contribution in [-0.2, 0) is 19.1 Å². The standard InChI is InChI=1S/C20H33N3O4/c1-14(2)20(26)27-15(12-22-10-8-21(3)9-11-22)13-23-18(24)16-6-4-5-7-17(16)19(23)25/h14-17H,4-13H2,1-3H3/t15?,16-,17+. The topological polar surface area (TPSA) is 70.2 Å². The Kier molecular flexibility index (Phi) is 6.52. The highest BCUT2D eigenvalue weighted by molar-refractivity contribution is 6.05. The van der Waals surface area contributed by atoms with Gasteiger partial charge in [-0.05, 0) is 19.9 Å². The maximum Gasteiger partial charge on any atom is 0.308 e. The summed E-state index contributed by atoms with van der Waals surface area (Å²) in [4.78, 5) is 43.7. The van der Waals surface area contributed by atoms with Crippen LogP contribution < -0.4 is 0 Å². The minimum absolute atomic E-state index is 0.0614. The van der Waals surface area contributed by atoms with E-state index in [0.717, 1.165) is 51.9 Å². The quantitative estimate of drug-likeness (QED) is 0.506. The molecule has 2 heterocycles. The third-order valence-electron chi connectivity index (χ3n) is 6.13. The lowest BCUT2D eigenvalue weighted by molar-refractivity contribution is -0.158. The summed E-state index contributed by atoms with van der Waals surface area (Å²) < 4.78 is 5.71. The highest BCUT2D eigenvalue weighted by Gasteiger charge is 2.48. The number of carbonyl (C=O) groups excluding carboxylic acids is 3. The Hall–Kier alpha value is -1.47. The molecule has 0 N–H and O–H groups in total. The number of piperazine rings is 1. The van der Waals surface area contributed by atoms with Gasteiger partial charge >= 0.3 is 5.97 Å². The molecule has 1 aliphatic carbocycles. The molecule has 3 fully saturated rings. The summed E-state index contributed by atoms with van der Waals surface area (Å²) in [5, 5.41) is 0. The third kappa shape index (κ3) is 4.69. The summed E-state index contributed by atoms with van der Waals surface area (Å²) in [7, 11) is 2.09. The van der Waals surface area contributed by atoms with E-state index in [1.54, 1.807) is 13.8 Å². The second-order valence-electron chi connectivity index (χ2n) is 8.60. The largest absolute Gasteiger partial charge is 0.459 e. The molecule has 0 spiro atoms. The average molecular weight is 380 g/mol. The summed E-state index contributed by atoms with van der Waals surface area (Å²) in [5.41, 5.74) is 0. The Morgan fingerprint density at radius 1 is 1.00 bits per heavy atom. The van der Waals surface area contributed by atoms with Crippen molar-refractivity contribution in [1.82, 2.24) is 14.7 Å². The van der Waals surface area contributed by atoms with Crippen molar-refractivity contribution < 1.29 is 19.1 Å². The number of hydrogen-bond acceptors (Lipinski definition) is 6. The Labute approximate surface area is 162 Å². The van der Waals surface area contributed by atoms with E-state index in [1.165, 1.54) is 4.90 Å². The Balaban J connectivity index is 1.67. The van der Waals surface area contributed by atoms with Crippen molar-refractivity contribution in [1.29, 1.82) is 0 Å². The molecule has 27 heavy (non-hydrogen) atoms. The highest BCUT2D eigenvalue weighted by atomic mass is 16.5. The van der Waals surface area contributed by atoms with Crippen molar-refractivity contribution in [2.75, 3.05) is 46.3 Å². The van der Waals surface area contributed by atoms with Gasteiger partial charge in [-0.3, -0.25) is 24.2 Å². The Bertz CT molecular complexity index is 548. The van der Waals surface area contributed by atoms with Crippen LogP contribution in [0.3, 0.4) is 0 Å². The molecule has 0 aromatic rings. The number of likely N-dealkylation sites (tertiary alicyclic amines) is 1. The number of amides is 2. The van der Waals surface area contributed by atoms with E-state index in [4.69, 9.17) is 4.74 Å². The first-order valence-electron chi connectivity index (χ1n) is 10.3. The van der Waals surface area contributed by atoms with Gasteiger partial charge in [0.1, 0.15) is 6.10 Å². The van der Waals surface area contributed by atoms with Crippen LogP contribution in [0.15, 0.2) is 0 Å². The number of fused-ring (bicyclic) bond motifs is 1. The fraction of sp³-hybridized carbons (Fsp3) is 0.850. The fourth-order valence-corrected chi connectivity index (χ4v) is 4.37. The molecule has 7 nitrogen and oxygen atoms in total. The van der Waals surface area contributed by atoms with Crippen LogP contribution in [0.2, 0.25) is 0 Å². The van der Waals surface area contributed by atoms with Crippen LogP contribution in [-0.4, -0.2) is 84.9 Å². The molecule has 1 saturated carbocycles. The molecule has 2 amide bonds. The third-order valence-corrected chi connectivity index (χ3v) is 6.13. The molecule has 7 heteroatoms. The summed E-state index contributed by atoms with van der Waals surface area (Å²) in [6.07, 6.45) is 3.18. The van der Waals surface area contributed by atoms with Gasteiger partial charge in [0, 0.05) is 32.7 Å². The number of likely N-dealkylation sites (N-methyl/N-ethyl adjacent to an activating group) is 1. The first-order valence-corrected chi connectivity index (χ1v) is 10.3. The predicted octanol–water partition coefficient (Wildman–Crippen LogP) is 0.977. The molecular formula is C20H33N3O4. The molecule has 2 saturated heterocycles. The number of rotatable bonds is 6. The number of esters is 1. The van der Waals surface area contributed by atoms with Crippen LogP contribution in [0.5, 0.6) is 0 Å². The van der Waals surface area contributed by atoms with Crippen LogP contribution in [0.1, 0.15) is 39.5 Å². The molecule has 0 radical (unpaired) electrons. The van der Waals surface area contributed by atoms with Crippen molar-refractivity contribution in [3.63, 3.8) is 0 Å². The zero-order valence-corrected chi connectivity index (χ0v) is 16.9. The van der Waals surface area contributed by atoms with Crippen LogP contribution in [0, 0.1) is 17.8 Å². The van der Waals surface area contributed by atoms with E-state index in [0.29, 0.717) is 6.54 Å². The van der Waals surface area contributed by atoms with Crippen molar-refractivity contribution in [3.05, 3.63) is 0 Å². The predicted molar refractivity (Wildman–Crippen MR) is 101 cm³/mol. The summed E-state index contributed by atoms with van der Waals surface area (Å²) in [5.74, 6) is -0.937. The maximum absolute atomic E-state index is 12.8. The monoisotopic (exact) mass is 379 g/mol. The first-order chi connectivity index (χ1) is 12.9. The normalized spacial score (nSPS) is 28.5. The lowest BCUT2D eigenvalue weighted by atomic mass is 9.81. The summed E-state index contributed by atoms with van der Waals surface area (Å²) >= 11 is 0. The van der Waals surface area contributed by atoms with Crippen LogP contribution in [0.4, 0.5) is 0 Å². The maximum atomic E-state index is 12.8. The van der Waals surface area contributed by atoms with Crippen LogP contribution >= 0.6 is 0 Å². The Morgan fingerprint density at radius 2 is 1.56 bits per heavy atom. The molecule has 0 aromatic carbocycles. The fourth-order valence-electron chi connectivity index (χ4n) is 4.37. The van der Waals surface area contributed by atoms with Gasteiger partial charge in [0.25, 0.3) is 0 Å². The van der Waals surface area contributed by atoms with Gasteiger partial charge in [-0.25, -0.2) is 0 Å². The number of nitrogens with zero attached hydrogens (tertiary/aromatic N) is 3. The van der Waals surface area contributed by atoms with E-state index < -0.39 is 6.10 Å². The summed E-state index contributed by atoms with van der Waals surface area (Å²) in [6.45, 7) is 8.10. The van der Waals surface area contributed by atoms with Gasteiger partial charge in [0.05, 0.1) is 24.3 Å². The minimum atomic E-state index is -0.462. The molecule has 1 unspecified atom stereocenters. The van der Waals surface area contributed by atoms with E-state index in [2.05, 4.69) is 16.8 Å². The lowest BCUT2D eigenvalue weighted by Crippen LogP contribution is -2.50. The van der Waals surface area contributed by atoms with Crippen molar-refractivity contribution in [2.45, 2.75) is 45.6 Å². The molecule has 3 rings (SSSR count). The molecule has 0 bridgehead atoms. The molecule has 3 aliphatic rings. The molecular weight excluding hydrogens is 346 g/mol. The van der Waals surface area contributed by atoms with E-state index >= 15 is 0 Å². The Morgan fingerprint density at radius 3 is 2.07 bits per heavy atom. The zero-order chi connectivity index (χ0) is 19.6. The molecule has 3 atom stereocenters. The molecule has 152 valence electrons. The smallest absolute Gasteiger partial charge is 0.308 e. The van der Waals surface area contributed by atoms with Gasteiger partial charge in [-0.2, -0.15) is 0 Å². The number of ether oxygens (including phenoxy) is 1. The van der Waals surface area contributed by atoms with Crippen molar-refractivity contribution in [2.24, 2.45) is 17.8 Å². The number of imide groups is 1. The van der Waals surface area contributed by atoms with Gasteiger partial charge in [-0.1, -0.05) is 26.7 Å². The second-order valence-corrected chi connectivity index (χ2v) is 8.60. The minimum Gasteiger partial charge on any atom is -0.459 e. The first kappa shape index (κ1) is 20.3. The van der Waals surface area contributed by atoms with Crippen molar-refractivity contribution in [3.8, 4) is 0 Å². The van der Waals surface area contributed by atoms with Crippen molar-refractivity contribution >= 4 is 17.8 Å². The zero-order valence-electron chi connectivity index (χ0n) is 16.9. The number of carbonyl (C=O) groups is 3. The molecule has 2 aliphatic heterocycles. The van der Waals surface area contributed by atoms with Gasteiger partial charge in [0.2, 0.25) is 11.8 Å². The summed E-state index contributed by atoms with van der Waals surface area (Å²) in [6, 6.07) is 0. The second kappa shape index (κ2) is 8.69. The van der Waals surface area contributed by atoms with Crippen LogP contribution in [0.25, 0.3) is 0 Å². The van der Waals surface area contributed by atoms with E-state index in [-0.39, 0.29) is 42.1 Å². The van der Waals surface area contributed by atoms with Gasteiger partial charge in [-0.15, -0.1) is 0 Å². The number of hydrogen-bond donors (Lipinski definition) is 0. The van der Waals surface area contributed by atoms with Gasteiger partial charge in [0.15, 0.2) is 0 Å². The highest BCUT2D eigenvalue weighted by Crippen LogP contribution is 2.38. The lowest BCUT2D eigenvalue weighted by Gasteiger charge is -2.35. The van der Waals surface area contributed by atoms with E-state index in [1.807, 2.05) is 0 Å².